The highest BCUT2D eigenvalue weighted by Crippen LogP contribution is 2.27. The largest absolute Gasteiger partial charge is 0.496 e. The highest BCUT2D eigenvalue weighted by atomic mass is 16.5. The minimum absolute atomic E-state index is 0.0824. The van der Waals surface area contributed by atoms with Gasteiger partial charge < -0.3 is 14.5 Å². The number of carbonyl (C=O) groups is 2. The van der Waals surface area contributed by atoms with E-state index in [2.05, 4.69) is 57.7 Å². The molecule has 0 spiro atoms. The topological polar surface area (TPSA) is 53.1 Å². The fourth-order valence-corrected chi connectivity index (χ4v) is 5.89. The zero-order valence-electron chi connectivity index (χ0n) is 26.1. The monoisotopic (exact) mass is 561 g/mol. The van der Waals surface area contributed by atoms with Crippen LogP contribution in [0.4, 0.5) is 0 Å². The van der Waals surface area contributed by atoms with Gasteiger partial charge in [0.25, 0.3) is 0 Å². The van der Waals surface area contributed by atoms with Gasteiger partial charge in [0.05, 0.1) is 13.0 Å². The third kappa shape index (κ3) is 10.3. The van der Waals surface area contributed by atoms with Crippen molar-refractivity contribution in [1.82, 2.24) is 14.7 Å². The van der Waals surface area contributed by atoms with Crippen LogP contribution in [0.2, 0.25) is 0 Å². The maximum Gasteiger partial charge on any atom is 0.230 e. The molecule has 0 N–H and O–H groups in total. The molecule has 0 radical (unpaired) electrons. The molecule has 1 fully saturated rings. The molecule has 0 saturated carbocycles. The van der Waals surface area contributed by atoms with Crippen LogP contribution in [-0.2, 0) is 9.59 Å². The first kappa shape index (κ1) is 32.4. The number of rotatable bonds is 13. The van der Waals surface area contributed by atoms with E-state index < -0.39 is 0 Å². The highest BCUT2D eigenvalue weighted by Gasteiger charge is 2.28. The Kier molecular flexibility index (Phi) is 12.5. The van der Waals surface area contributed by atoms with Gasteiger partial charge in [-0.1, -0.05) is 95.3 Å². The molecule has 6 heteroatoms. The SMILES string of the molecule is CCC(C(=O)N1CCN(CCN(CC=Cc2ccccc2OC)C(=O)CC(C)CC(C)(C)C)CC1)c1ccccc1. The highest BCUT2D eigenvalue weighted by molar-refractivity contribution is 5.83. The van der Waals surface area contributed by atoms with E-state index in [1.165, 1.54) is 0 Å². The average Bonchev–Trinajstić information content (AvgIpc) is 2.95. The van der Waals surface area contributed by atoms with Crippen molar-refractivity contribution in [2.75, 3.05) is 52.9 Å². The van der Waals surface area contributed by atoms with Crippen molar-refractivity contribution < 1.29 is 14.3 Å². The second kappa shape index (κ2) is 15.8. The van der Waals surface area contributed by atoms with E-state index in [0.29, 0.717) is 25.4 Å². The first-order valence-corrected chi connectivity index (χ1v) is 15.2. The summed E-state index contributed by atoms with van der Waals surface area (Å²) in [5.74, 6) is 1.50. The molecule has 2 unspecified atom stereocenters. The van der Waals surface area contributed by atoms with Gasteiger partial charge in [-0.2, -0.15) is 0 Å². The Bertz CT molecular complexity index is 1120. The molecule has 6 nitrogen and oxygen atoms in total. The van der Waals surface area contributed by atoms with Gasteiger partial charge in [0.1, 0.15) is 5.75 Å². The van der Waals surface area contributed by atoms with Crippen LogP contribution >= 0.6 is 0 Å². The van der Waals surface area contributed by atoms with Crippen LogP contribution in [0.25, 0.3) is 6.08 Å². The van der Waals surface area contributed by atoms with Gasteiger partial charge in [0.15, 0.2) is 0 Å². The van der Waals surface area contributed by atoms with Crippen LogP contribution in [0.5, 0.6) is 5.75 Å². The van der Waals surface area contributed by atoms with E-state index in [1.54, 1.807) is 7.11 Å². The molecule has 0 bridgehead atoms. The number of carbonyl (C=O) groups excluding carboxylic acids is 2. The Balaban J connectivity index is 1.59. The Morgan fingerprint density at radius 1 is 1.00 bits per heavy atom. The summed E-state index contributed by atoms with van der Waals surface area (Å²) in [6.07, 6.45) is 6.48. The summed E-state index contributed by atoms with van der Waals surface area (Å²) in [6.45, 7) is 16.1. The fraction of sp³-hybridized carbons (Fsp3) is 0.543. The number of nitrogens with zero attached hydrogens (tertiary/aromatic N) is 3. The van der Waals surface area contributed by atoms with Crippen molar-refractivity contribution in [1.29, 1.82) is 0 Å². The van der Waals surface area contributed by atoms with Crippen molar-refractivity contribution in [2.45, 2.75) is 59.8 Å². The molecule has 224 valence electrons. The fourth-order valence-electron chi connectivity index (χ4n) is 5.89. The number of hydrogen-bond acceptors (Lipinski definition) is 4. The lowest BCUT2D eigenvalue weighted by Gasteiger charge is -2.37. The zero-order valence-corrected chi connectivity index (χ0v) is 26.1. The number of methoxy groups -OCH3 is 1. The minimum Gasteiger partial charge on any atom is -0.496 e. The quantitative estimate of drug-likeness (QED) is 0.287. The van der Waals surface area contributed by atoms with Gasteiger partial charge in [-0.15, -0.1) is 0 Å². The van der Waals surface area contributed by atoms with Crippen molar-refractivity contribution in [3.63, 3.8) is 0 Å². The standard InChI is InChI=1S/C35H51N3O3/c1-7-31(29-14-9-8-10-15-29)34(40)38-24-21-36(22-25-38)20-23-37(33(39)26-28(2)27-35(3,4)5)19-13-17-30-16-11-12-18-32(30)41-6/h8-18,28,31H,7,19-27H2,1-6H3. The van der Waals surface area contributed by atoms with Gasteiger partial charge in [-0.3, -0.25) is 14.5 Å². The van der Waals surface area contributed by atoms with Crippen LogP contribution < -0.4 is 4.74 Å². The number of ether oxygens (including phenoxy) is 1. The molecule has 0 aliphatic carbocycles. The molecular formula is C35H51N3O3. The van der Waals surface area contributed by atoms with E-state index >= 15 is 0 Å². The minimum atomic E-state index is -0.0824. The Morgan fingerprint density at radius 3 is 2.29 bits per heavy atom. The average molecular weight is 562 g/mol. The lowest BCUT2D eigenvalue weighted by molar-refractivity contribution is -0.134. The van der Waals surface area contributed by atoms with Crippen molar-refractivity contribution >= 4 is 17.9 Å². The summed E-state index contributed by atoms with van der Waals surface area (Å²) in [5.41, 5.74) is 2.30. The van der Waals surface area contributed by atoms with E-state index in [9.17, 15) is 9.59 Å². The van der Waals surface area contributed by atoms with Crippen LogP contribution in [0.3, 0.4) is 0 Å². The first-order valence-electron chi connectivity index (χ1n) is 15.2. The van der Waals surface area contributed by atoms with E-state index in [4.69, 9.17) is 4.74 Å². The van der Waals surface area contributed by atoms with E-state index in [-0.39, 0.29) is 23.1 Å². The van der Waals surface area contributed by atoms with Gasteiger partial charge >= 0.3 is 0 Å². The molecule has 3 rings (SSSR count). The molecule has 1 heterocycles. The molecule has 2 aromatic rings. The maximum absolute atomic E-state index is 13.5. The number of benzene rings is 2. The van der Waals surface area contributed by atoms with Crippen molar-refractivity contribution in [2.24, 2.45) is 11.3 Å². The first-order chi connectivity index (χ1) is 19.6. The second-order valence-corrected chi connectivity index (χ2v) is 12.6. The number of hydrogen-bond donors (Lipinski definition) is 0. The molecule has 2 aromatic carbocycles. The van der Waals surface area contributed by atoms with Gasteiger partial charge in [-0.25, -0.2) is 0 Å². The van der Waals surface area contributed by atoms with E-state index in [1.807, 2.05) is 58.3 Å². The summed E-state index contributed by atoms with van der Waals surface area (Å²) in [4.78, 5) is 33.2. The maximum atomic E-state index is 13.5. The van der Waals surface area contributed by atoms with Gasteiger partial charge in [-0.05, 0) is 35.8 Å². The molecule has 0 aromatic heterocycles. The van der Waals surface area contributed by atoms with Crippen molar-refractivity contribution in [3.8, 4) is 5.75 Å². The molecule has 2 amide bonds. The molecule has 1 aliphatic rings. The van der Waals surface area contributed by atoms with Crippen LogP contribution in [0.1, 0.15) is 70.9 Å². The third-order valence-corrected chi connectivity index (χ3v) is 7.88. The Labute approximate surface area is 248 Å². The molecule has 1 saturated heterocycles. The normalized spacial score (nSPS) is 16.0. The summed E-state index contributed by atoms with van der Waals surface area (Å²) in [7, 11) is 1.68. The lowest BCUT2D eigenvalue weighted by Crippen LogP contribution is -2.51. The number of para-hydroxylation sites is 1. The predicted octanol–water partition coefficient (Wildman–Crippen LogP) is 6.34. The lowest BCUT2D eigenvalue weighted by atomic mass is 9.84. The smallest absolute Gasteiger partial charge is 0.230 e. The molecule has 1 aliphatic heterocycles. The van der Waals surface area contributed by atoms with E-state index in [0.717, 1.165) is 62.4 Å². The zero-order chi connectivity index (χ0) is 29.8. The third-order valence-electron chi connectivity index (χ3n) is 7.88. The van der Waals surface area contributed by atoms with Crippen LogP contribution in [0.15, 0.2) is 60.7 Å². The number of piperazine rings is 1. The van der Waals surface area contributed by atoms with Crippen LogP contribution in [0, 0.1) is 11.3 Å². The molecular weight excluding hydrogens is 510 g/mol. The summed E-state index contributed by atoms with van der Waals surface area (Å²) in [6, 6.07) is 18.0. The molecule has 2 atom stereocenters. The summed E-state index contributed by atoms with van der Waals surface area (Å²) >= 11 is 0. The molecule has 41 heavy (non-hydrogen) atoms. The van der Waals surface area contributed by atoms with Gasteiger partial charge in [0.2, 0.25) is 11.8 Å². The summed E-state index contributed by atoms with van der Waals surface area (Å²) < 4.78 is 5.48. The predicted molar refractivity (Wildman–Crippen MR) is 169 cm³/mol. The Morgan fingerprint density at radius 2 is 1.66 bits per heavy atom. The van der Waals surface area contributed by atoms with Crippen LogP contribution in [-0.4, -0.2) is 79.4 Å². The second-order valence-electron chi connectivity index (χ2n) is 12.6. The summed E-state index contributed by atoms with van der Waals surface area (Å²) in [5, 5.41) is 0. The number of amides is 2. The Hall–Kier alpha value is -3.12. The van der Waals surface area contributed by atoms with Crippen molar-refractivity contribution in [3.05, 3.63) is 71.8 Å². The van der Waals surface area contributed by atoms with Gasteiger partial charge in [0, 0.05) is 57.8 Å².